The minimum Gasteiger partial charge on any atom is -0.391 e. The molecule has 0 saturated carbocycles. The molecular weight excluding hydrogens is 242 g/mol. The van der Waals surface area contributed by atoms with Gasteiger partial charge in [-0.2, -0.15) is 0 Å². The third-order valence-corrected chi connectivity index (χ3v) is 2.70. The van der Waals surface area contributed by atoms with Crippen molar-refractivity contribution in [3.05, 3.63) is 17.0 Å². The van der Waals surface area contributed by atoms with E-state index in [1.807, 2.05) is 6.92 Å². The quantitative estimate of drug-likeness (QED) is 0.727. The first-order valence-corrected chi connectivity index (χ1v) is 5.97. The number of aliphatic hydroxyl groups excluding tert-OH is 1. The maximum atomic E-state index is 9.48. The molecular formula is C11H18ClN3O2. The predicted molar refractivity (Wildman–Crippen MR) is 67.4 cm³/mol. The van der Waals surface area contributed by atoms with Gasteiger partial charge in [0.05, 0.1) is 12.7 Å². The lowest BCUT2D eigenvalue weighted by molar-refractivity contribution is 0.0615. The van der Waals surface area contributed by atoms with Crippen molar-refractivity contribution in [2.45, 2.75) is 25.9 Å². The first-order valence-electron chi connectivity index (χ1n) is 5.59. The topological polar surface area (TPSA) is 67.3 Å². The Morgan fingerprint density at radius 3 is 2.94 bits per heavy atom. The highest BCUT2D eigenvalue weighted by Crippen LogP contribution is 2.19. The number of anilines is 1. The minimum atomic E-state index is -0.463. The van der Waals surface area contributed by atoms with E-state index in [-0.39, 0.29) is 0 Å². The molecule has 1 aromatic rings. The molecule has 0 saturated heterocycles. The van der Waals surface area contributed by atoms with Crippen LogP contribution < -0.4 is 5.32 Å². The highest BCUT2D eigenvalue weighted by molar-refractivity contribution is 6.30. The van der Waals surface area contributed by atoms with Crippen molar-refractivity contribution >= 4 is 17.4 Å². The van der Waals surface area contributed by atoms with Gasteiger partial charge in [0.1, 0.15) is 17.3 Å². The fraction of sp³-hybridized carbons (Fsp3) is 0.636. The zero-order valence-corrected chi connectivity index (χ0v) is 10.9. The Balaban J connectivity index is 2.49. The van der Waals surface area contributed by atoms with Gasteiger partial charge in [-0.05, 0) is 12.8 Å². The Kier molecular flexibility index (Phi) is 6.18. The van der Waals surface area contributed by atoms with E-state index in [2.05, 4.69) is 15.3 Å². The zero-order chi connectivity index (χ0) is 12.7. The molecule has 0 aliphatic carbocycles. The molecule has 96 valence electrons. The van der Waals surface area contributed by atoms with Gasteiger partial charge >= 0.3 is 0 Å². The van der Waals surface area contributed by atoms with Gasteiger partial charge < -0.3 is 15.2 Å². The van der Waals surface area contributed by atoms with Gasteiger partial charge in [-0.1, -0.05) is 18.5 Å². The smallest absolute Gasteiger partial charge is 0.137 e. The van der Waals surface area contributed by atoms with Gasteiger partial charge in [0.25, 0.3) is 0 Å². The van der Waals surface area contributed by atoms with E-state index >= 15 is 0 Å². The SMILES string of the molecule is CCc1c(Cl)ncnc1NCCC(O)COC. The number of hydrogen-bond acceptors (Lipinski definition) is 5. The van der Waals surface area contributed by atoms with Crippen molar-refractivity contribution in [3.63, 3.8) is 0 Å². The van der Waals surface area contributed by atoms with Gasteiger partial charge in [-0.15, -0.1) is 0 Å². The van der Waals surface area contributed by atoms with E-state index in [4.69, 9.17) is 16.3 Å². The first kappa shape index (κ1) is 14.2. The number of aromatic nitrogens is 2. The van der Waals surface area contributed by atoms with Crippen LogP contribution in [0.5, 0.6) is 0 Å². The van der Waals surface area contributed by atoms with Crippen LogP contribution in [0, 0.1) is 0 Å². The largest absolute Gasteiger partial charge is 0.391 e. The number of hydrogen-bond donors (Lipinski definition) is 2. The number of aliphatic hydroxyl groups is 1. The van der Waals surface area contributed by atoms with E-state index < -0.39 is 6.10 Å². The molecule has 6 heteroatoms. The van der Waals surface area contributed by atoms with Gasteiger partial charge in [-0.3, -0.25) is 0 Å². The molecule has 0 aliphatic rings. The lowest BCUT2D eigenvalue weighted by Gasteiger charge is -2.12. The van der Waals surface area contributed by atoms with Crippen molar-refractivity contribution in [1.29, 1.82) is 0 Å². The molecule has 1 heterocycles. The summed E-state index contributed by atoms with van der Waals surface area (Å²) in [6, 6.07) is 0. The van der Waals surface area contributed by atoms with E-state index in [0.29, 0.717) is 24.7 Å². The summed E-state index contributed by atoms with van der Waals surface area (Å²) >= 11 is 5.96. The maximum absolute atomic E-state index is 9.48. The Morgan fingerprint density at radius 2 is 2.29 bits per heavy atom. The standard InChI is InChI=1S/C11H18ClN3O2/c1-3-9-10(12)14-7-15-11(9)13-5-4-8(16)6-17-2/h7-8,16H,3-6H2,1-2H3,(H,13,14,15). The van der Waals surface area contributed by atoms with Crippen LogP contribution in [0.25, 0.3) is 0 Å². The fourth-order valence-corrected chi connectivity index (χ4v) is 1.76. The summed E-state index contributed by atoms with van der Waals surface area (Å²) in [5, 5.41) is 13.1. The van der Waals surface area contributed by atoms with Crippen LogP contribution in [0.15, 0.2) is 6.33 Å². The normalized spacial score (nSPS) is 12.5. The number of nitrogens with one attached hydrogen (secondary N) is 1. The molecule has 5 nitrogen and oxygen atoms in total. The monoisotopic (exact) mass is 259 g/mol. The van der Waals surface area contributed by atoms with E-state index in [0.717, 1.165) is 17.8 Å². The van der Waals surface area contributed by atoms with Crippen LogP contribution in [-0.2, 0) is 11.2 Å². The van der Waals surface area contributed by atoms with Crippen LogP contribution >= 0.6 is 11.6 Å². The van der Waals surface area contributed by atoms with E-state index in [9.17, 15) is 5.11 Å². The highest BCUT2D eigenvalue weighted by atomic mass is 35.5. The molecule has 0 aliphatic heterocycles. The van der Waals surface area contributed by atoms with Gasteiger partial charge in [0, 0.05) is 19.2 Å². The molecule has 1 aromatic heterocycles. The highest BCUT2D eigenvalue weighted by Gasteiger charge is 2.08. The summed E-state index contributed by atoms with van der Waals surface area (Å²) in [6.45, 7) is 2.95. The van der Waals surface area contributed by atoms with Crippen molar-refractivity contribution < 1.29 is 9.84 Å². The Labute approximate surface area is 106 Å². The Bertz CT molecular complexity index is 349. The van der Waals surface area contributed by atoms with Crippen LogP contribution in [-0.4, -0.2) is 41.4 Å². The summed E-state index contributed by atoms with van der Waals surface area (Å²) in [4.78, 5) is 8.06. The van der Waals surface area contributed by atoms with Crippen molar-refractivity contribution in [1.82, 2.24) is 9.97 Å². The molecule has 1 atom stereocenters. The average molecular weight is 260 g/mol. The number of halogens is 1. The summed E-state index contributed by atoms with van der Waals surface area (Å²) in [7, 11) is 1.57. The number of nitrogens with zero attached hydrogens (tertiary/aromatic N) is 2. The number of ether oxygens (including phenoxy) is 1. The van der Waals surface area contributed by atoms with Gasteiger partial charge in [0.2, 0.25) is 0 Å². The van der Waals surface area contributed by atoms with Gasteiger partial charge in [-0.25, -0.2) is 9.97 Å². The fourth-order valence-electron chi connectivity index (χ4n) is 1.49. The molecule has 0 aromatic carbocycles. The zero-order valence-electron chi connectivity index (χ0n) is 10.1. The van der Waals surface area contributed by atoms with Crippen LogP contribution in [0.2, 0.25) is 5.15 Å². The molecule has 2 N–H and O–H groups in total. The Morgan fingerprint density at radius 1 is 1.53 bits per heavy atom. The van der Waals surface area contributed by atoms with Crippen molar-refractivity contribution in [3.8, 4) is 0 Å². The minimum absolute atomic E-state index is 0.340. The van der Waals surface area contributed by atoms with E-state index in [1.54, 1.807) is 7.11 Å². The summed E-state index contributed by atoms with van der Waals surface area (Å²) in [5.74, 6) is 0.733. The third-order valence-electron chi connectivity index (χ3n) is 2.38. The van der Waals surface area contributed by atoms with E-state index in [1.165, 1.54) is 6.33 Å². The first-order chi connectivity index (χ1) is 8.19. The number of methoxy groups -OCH3 is 1. The second-order valence-electron chi connectivity index (χ2n) is 3.67. The molecule has 0 spiro atoms. The molecule has 1 rings (SSSR count). The predicted octanol–water partition coefficient (Wildman–Crippen LogP) is 1.50. The van der Waals surface area contributed by atoms with Crippen LogP contribution in [0.4, 0.5) is 5.82 Å². The lowest BCUT2D eigenvalue weighted by atomic mass is 10.2. The maximum Gasteiger partial charge on any atom is 0.137 e. The summed E-state index contributed by atoms with van der Waals surface area (Å²) in [5.41, 5.74) is 0.899. The Hall–Kier alpha value is -0.910. The average Bonchev–Trinajstić information content (AvgIpc) is 2.29. The summed E-state index contributed by atoms with van der Waals surface area (Å²) in [6.07, 6.45) is 2.33. The van der Waals surface area contributed by atoms with Crippen LogP contribution in [0.3, 0.4) is 0 Å². The van der Waals surface area contributed by atoms with Crippen molar-refractivity contribution in [2.75, 3.05) is 25.6 Å². The molecule has 0 amide bonds. The molecule has 17 heavy (non-hydrogen) atoms. The molecule has 0 bridgehead atoms. The van der Waals surface area contributed by atoms with Crippen molar-refractivity contribution in [2.24, 2.45) is 0 Å². The second-order valence-corrected chi connectivity index (χ2v) is 4.03. The number of rotatable bonds is 7. The molecule has 0 radical (unpaired) electrons. The van der Waals surface area contributed by atoms with Crippen LogP contribution in [0.1, 0.15) is 18.9 Å². The summed E-state index contributed by atoms with van der Waals surface area (Å²) < 4.78 is 4.85. The molecule has 1 unspecified atom stereocenters. The molecule has 0 fully saturated rings. The third kappa shape index (κ3) is 4.46. The second kappa shape index (κ2) is 7.42. The lowest BCUT2D eigenvalue weighted by Crippen LogP contribution is -2.19. The van der Waals surface area contributed by atoms with Gasteiger partial charge in [0.15, 0.2) is 0 Å².